The molecule has 0 heterocycles. The minimum Gasteiger partial charge on any atom is -0.392 e. The fourth-order valence-electron chi connectivity index (χ4n) is 2.73. The highest BCUT2D eigenvalue weighted by Crippen LogP contribution is 2.25. The van der Waals surface area contributed by atoms with Crippen molar-refractivity contribution in [1.82, 2.24) is 5.32 Å². The van der Waals surface area contributed by atoms with E-state index >= 15 is 0 Å². The summed E-state index contributed by atoms with van der Waals surface area (Å²) in [7, 11) is 0. The molecule has 1 aliphatic rings. The van der Waals surface area contributed by atoms with E-state index in [1.807, 2.05) is 0 Å². The van der Waals surface area contributed by atoms with Crippen molar-refractivity contribution in [3.8, 4) is 0 Å². The van der Waals surface area contributed by atoms with Crippen molar-refractivity contribution in [2.45, 2.75) is 77.4 Å². The maximum Gasteiger partial charge on any atom is 0.0664 e. The van der Waals surface area contributed by atoms with Crippen LogP contribution in [0.4, 0.5) is 0 Å². The molecule has 96 valence electrons. The van der Waals surface area contributed by atoms with E-state index < -0.39 is 0 Å². The summed E-state index contributed by atoms with van der Waals surface area (Å²) in [4.78, 5) is 0. The number of hydrogen-bond acceptors (Lipinski definition) is 2. The first-order chi connectivity index (χ1) is 7.76. The number of rotatable bonds is 6. The summed E-state index contributed by atoms with van der Waals surface area (Å²) in [6.07, 6.45) is 9.94. The molecule has 0 radical (unpaired) electrons. The molecule has 1 rings (SSSR count). The molecule has 1 aliphatic carbocycles. The van der Waals surface area contributed by atoms with Crippen molar-refractivity contribution in [2.75, 3.05) is 6.54 Å². The maximum absolute atomic E-state index is 9.69. The van der Waals surface area contributed by atoms with E-state index in [1.165, 1.54) is 38.5 Å². The van der Waals surface area contributed by atoms with Crippen molar-refractivity contribution < 1.29 is 5.11 Å². The van der Waals surface area contributed by atoms with Crippen LogP contribution in [0.25, 0.3) is 0 Å². The largest absolute Gasteiger partial charge is 0.392 e. The smallest absolute Gasteiger partial charge is 0.0664 e. The summed E-state index contributed by atoms with van der Waals surface area (Å²) in [5, 5.41) is 13.2. The predicted molar refractivity (Wildman–Crippen MR) is 69.6 cm³/mol. The van der Waals surface area contributed by atoms with Gasteiger partial charge in [0.05, 0.1) is 6.10 Å². The van der Waals surface area contributed by atoms with Gasteiger partial charge in [0.25, 0.3) is 0 Å². The third kappa shape index (κ3) is 5.31. The normalized spacial score (nSPS) is 28.7. The average molecular weight is 227 g/mol. The van der Waals surface area contributed by atoms with E-state index in [2.05, 4.69) is 19.2 Å². The molecule has 0 aromatic carbocycles. The maximum atomic E-state index is 9.69. The Kier molecular flexibility index (Phi) is 7.06. The Labute approximate surface area is 101 Å². The van der Waals surface area contributed by atoms with Crippen LogP contribution < -0.4 is 5.32 Å². The van der Waals surface area contributed by atoms with Crippen LogP contribution in [0, 0.1) is 5.92 Å². The molecule has 2 heteroatoms. The standard InChI is InChI=1S/C14H29NO/c1-3-6-14(16)11-15-13-8-5-7-12(4-2)9-10-13/h12-16H,3-11H2,1-2H3. The van der Waals surface area contributed by atoms with Gasteiger partial charge in [0.2, 0.25) is 0 Å². The molecule has 1 saturated carbocycles. The first kappa shape index (κ1) is 14.0. The molecule has 1 fully saturated rings. The summed E-state index contributed by atoms with van der Waals surface area (Å²) in [6.45, 7) is 5.22. The summed E-state index contributed by atoms with van der Waals surface area (Å²) >= 11 is 0. The molecule has 0 saturated heterocycles. The van der Waals surface area contributed by atoms with Gasteiger partial charge in [-0.3, -0.25) is 0 Å². The first-order valence-electron chi connectivity index (χ1n) is 7.17. The molecular weight excluding hydrogens is 198 g/mol. The van der Waals surface area contributed by atoms with Crippen LogP contribution in [0.3, 0.4) is 0 Å². The lowest BCUT2D eigenvalue weighted by molar-refractivity contribution is 0.155. The zero-order chi connectivity index (χ0) is 11.8. The van der Waals surface area contributed by atoms with Crippen molar-refractivity contribution in [3.63, 3.8) is 0 Å². The topological polar surface area (TPSA) is 32.3 Å². The van der Waals surface area contributed by atoms with Gasteiger partial charge in [-0.05, 0) is 31.6 Å². The lowest BCUT2D eigenvalue weighted by atomic mass is 9.98. The minimum atomic E-state index is -0.143. The number of aliphatic hydroxyl groups is 1. The molecule has 0 aromatic rings. The SMILES string of the molecule is CCCC(O)CNC1CCCC(CC)CC1. The predicted octanol–water partition coefficient (Wildman–Crippen LogP) is 3.10. The second-order valence-electron chi connectivity index (χ2n) is 5.33. The lowest BCUT2D eigenvalue weighted by Gasteiger charge is -2.19. The van der Waals surface area contributed by atoms with Crippen molar-refractivity contribution in [3.05, 3.63) is 0 Å². The molecule has 0 bridgehead atoms. The van der Waals surface area contributed by atoms with Crippen molar-refractivity contribution in [1.29, 1.82) is 0 Å². The minimum absolute atomic E-state index is 0.143. The van der Waals surface area contributed by atoms with Gasteiger partial charge in [-0.25, -0.2) is 0 Å². The molecular formula is C14H29NO. The monoisotopic (exact) mass is 227 g/mol. The quantitative estimate of drug-likeness (QED) is 0.683. The van der Waals surface area contributed by atoms with Gasteiger partial charge in [-0.1, -0.05) is 39.5 Å². The lowest BCUT2D eigenvalue weighted by Crippen LogP contribution is -2.35. The summed E-state index contributed by atoms with van der Waals surface area (Å²) < 4.78 is 0. The molecule has 0 spiro atoms. The molecule has 16 heavy (non-hydrogen) atoms. The highest BCUT2D eigenvalue weighted by molar-refractivity contribution is 4.75. The molecule has 0 aromatic heterocycles. The highest BCUT2D eigenvalue weighted by atomic mass is 16.3. The highest BCUT2D eigenvalue weighted by Gasteiger charge is 2.17. The van der Waals surface area contributed by atoms with Crippen molar-refractivity contribution >= 4 is 0 Å². The molecule has 0 aliphatic heterocycles. The van der Waals surface area contributed by atoms with E-state index in [4.69, 9.17) is 0 Å². The Morgan fingerprint density at radius 3 is 2.69 bits per heavy atom. The van der Waals surface area contributed by atoms with Crippen LogP contribution in [0.5, 0.6) is 0 Å². The zero-order valence-electron chi connectivity index (χ0n) is 11.0. The van der Waals surface area contributed by atoms with Crippen LogP contribution in [-0.4, -0.2) is 23.8 Å². The first-order valence-corrected chi connectivity index (χ1v) is 7.17. The van der Waals surface area contributed by atoms with Gasteiger partial charge in [0.1, 0.15) is 0 Å². The van der Waals surface area contributed by atoms with Gasteiger partial charge < -0.3 is 10.4 Å². The van der Waals surface area contributed by atoms with Gasteiger partial charge in [-0.15, -0.1) is 0 Å². The fourth-order valence-corrected chi connectivity index (χ4v) is 2.73. The molecule has 2 N–H and O–H groups in total. The number of aliphatic hydroxyl groups excluding tert-OH is 1. The molecule has 2 nitrogen and oxygen atoms in total. The van der Waals surface area contributed by atoms with Crippen LogP contribution >= 0.6 is 0 Å². The summed E-state index contributed by atoms with van der Waals surface area (Å²) in [5.41, 5.74) is 0. The van der Waals surface area contributed by atoms with Crippen LogP contribution in [0.1, 0.15) is 65.2 Å². The van der Waals surface area contributed by atoms with Crippen LogP contribution in [-0.2, 0) is 0 Å². The summed E-state index contributed by atoms with van der Waals surface area (Å²) in [5.74, 6) is 0.951. The second-order valence-corrected chi connectivity index (χ2v) is 5.33. The Balaban J connectivity index is 2.17. The Hall–Kier alpha value is -0.0800. The van der Waals surface area contributed by atoms with E-state index in [9.17, 15) is 5.11 Å². The van der Waals surface area contributed by atoms with E-state index in [-0.39, 0.29) is 6.10 Å². The average Bonchev–Trinajstić information content (AvgIpc) is 2.51. The molecule has 3 atom stereocenters. The third-order valence-corrected chi connectivity index (χ3v) is 3.93. The number of nitrogens with one attached hydrogen (secondary N) is 1. The second kappa shape index (κ2) is 8.08. The third-order valence-electron chi connectivity index (χ3n) is 3.93. The molecule has 3 unspecified atom stereocenters. The van der Waals surface area contributed by atoms with E-state index in [0.29, 0.717) is 6.04 Å². The van der Waals surface area contributed by atoms with Gasteiger partial charge in [0, 0.05) is 12.6 Å². The summed E-state index contributed by atoms with van der Waals surface area (Å²) in [6, 6.07) is 0.656. The van der Waals surface area contributed by atoms with Gasteiger partial charge >= 0.3 is 0 Å². The van der Waals surface area contributed by atoms with E-state index in [0.717, 1.165) is 25.3 Å². The fraction of sp³-hybridized carbons (Fsp3) is 1.00. The Bertz CT molecular complexity index is 172. The Morgan fingerprint density at radius 1 is 1.19 bits per heavy atom. The van der Waals surface area contributed by atoms with Crippen molar-refractivity contribution in [2.24, 2.45) is 5.92 Å². The van der Waals surface area contributed by atoms with E-state index in [1.54, 1.807) is 0 Å². The van der Waals surface area contributed by atoms with Gasteiger partial charge in [0.15, 0.2) is 0 Å². The zero-order valence-corrected chi connectivity index (χ0v) is 11.0. The Morgan fingerprint density at radius 2 is 2.00 bits per heavy atom. The van der Waals surface area contributed by atoms with Gasteiger partial charge in [-0.2, -0.15) is 0 Å². The molecule has 0 amide bonds. The van der Waals surface area contributed by atoms with Crippen LogP contribution in [0.2, 0.25) is 0 Å². The van der Waals surface area contributed by atoms with Crippen LogP contribution in [0.15, 0.2) is 0 Å². The number of hydrogen-bond donors (Lipinski definition) is 2.